The Morgan fingerprint density at radius 1 is 1.64 bits per heavy atom. The maximum Gasteiger partial charge on any atom is 0.223 e. The van der Waals surface area contributed by atoms with Crippen molar-refractivity contribution in [1.82, 2.24) is 0 Å². The standard InChI is InChI=1S/C9H13NO/c1-9(8(10)11)5-6-2-3-7(9)4-6/h2-3,6-7H,4-5H2,1H3,(H2,10,11)/t6-,7-,9+/m0/s1. The Bertz CT molecular complexity index is 234. The van der Waals surface area contributed by atoms with Gasteiger partial charge in [-0.2, -0.15) is 0 Å². The first kappa shape index (κ1) is 6.89. The molecule has 1 fully saturated rings. The molecule has 2 heteroatoms. The summed E-state index contributed by atoms with van der Waals surface area (Å²) in [4.78, 5) is 11.1. The van der Waals surface area contributed by atoms with Crippen molar-refractivity contribution in [2.24, 2.45) is 23.0 Å². The van der Waals surface area contributed by atoms with Gasteiger partial charge in [-0.15, -0.1) is 0 Å². The van der Waals surface area contributed by atoms with Crippen molar-refractivity contribution in [2.75, 3.05) is 0 Å². The number of allylic oxidation sites excluding steroid dienone is 2. The molecule has 11 heavy (non-hydrogen) atoms. The summed E-state index contributed by atoms with van der Waals surface area (Å²) in [5.41, 5.74) is 5.11. The van der Waals surface area contributed by atoms with E-state index in [4.69, 9.17) is 5.73 Å². The third-order valence-electron chi connectivity index (χ3n) is 3.24. The topological polar surface area (TPSA) is 43.1 Å². The Hall–Kier alpha value is -0.790. The monoisotopic (exact) mass is 151 g/mol. The fourth-order valence-corrected chi connectivity index (χ4v) is 2.38. The second-order valence-electron chi connectivity index (χ2n) is 3.97. The second kappa shape index (κ2) is 1.87. The van der Waals surface area contributed by atoms with Crippen molar-refractivity contribution in [2.45, 2.75) is 19.8 Å². The van der Waals surface area contributed by atoms with Crippen LogP contribution in [0, 0.1) is 17.3 Å². The molecule has 0 radical (unpaired) electrons. The Labute approximate surface area is 66.5 Å². The highest BCUT2D eigenvalue weighted by molar-refractivity contribution is 5.81. The molecule has 2 bridgehead atoms. The van der Waals surface area contributed by atoms with Crippen LogP contribution in [0.3, 0.4) is 0 Å². The van der Waals surface area contributed by atoms with Crippen LogP contribution in [0.5, 0.6) is 0 Å². The van der Waals surface area contributed by atoms with Crippen molar-refractivity contribution in [3.05, 3.63) is 12.2 Å². The normalized spacial score (nSPS) is 46.6. The third kappa shape index (κ3) is 0.753. The van der Waals surface area contributed by atoms with Gasteiger partial charge in [0.2, 0.25) is 5.91 Å². The van der Waals surface area contributed by atoms with Gasteiger partial charge in [-0.3, -0.25) is 4.79 Å². The lowest BCUT2D eigenvalue weighted by Gasteiger charge is -2.27. The molecule has 0 aromatic heterocycles. The molecule has 0 saturated heterocycles. The lowest BCUT2D eigenvalue weighted by molar-refractivity contribution is -0.128. The molecule has 0 unspecified atom stereocenters. The number of amides is 1. The van der Waals surface area contributed by atoms with Gasteiger partial charge >= 0.3 is 0 Å². The average Bonchev–Trinajstić information content (AvgIpc) is 2.45. The largest absolute Gasteiger partial charge is 0.369 e. The Kier molecular flexibility index (Phi) is 1.17. The fourth-order valence-electron chi connectivity index (χ4n) is 2.38. The van der Waals surface area contributed by atoms with Crippen LogP contribution < -0.4 is 5.73 Å². The predicted molar refractivity (Wildman–Crippen MR) is 42.7 cm³/mol. The number of nitrogens with two attached hydrogens (primary N) is 1. The molecule has 0 aliphatic heterocycles. The van der Waals surface area contributed by atoms with E-state index in [0.717, 1.165) is 12.8 Å². The highest BCUT2D eigenvalue weighted by Crippen LogP contribution is 2.51. The van der Waals surface area contributed by atoms with Crippen LogP contribution in [0.15, 0.2) is 12.2 Å². The number of hydrogen-bond acceptors (Lipinski definition) is 1. The molecule has 1 saturated carbocycles. The molecule has 60 valence electrons. The summed E-state index contributed by atoms with van der Waals surface area (Å²) in [6.45, 7) is 1.99. The number of hydrogen-bond donors (Lipinski definition) is 1. The average molecular weight is 151 g/mol. The molecule has 3 atom stereocenters. The molecule has 0 spiro atoms. The van der Waals surface area contributed by atoms with Gasteiger partial charge in [-0.25, -0.2) is 0 Å². The van der Waals surface area contributed by atoms with Crippen molar-refractivity contribution >= 4 is 5.91 Å². The Morgan fingerprint density at radius 3 is 2.64 bits per heavy atom. The molecule has 1 amide bonds. The molecule has 2 N–H and O–H groups in total. The van der Waals surface area contributed by atoms with Crippen LogP contribution in [0.1, 0.15) is 19.8 Å². The maximum atomic E-state index is 11.1. The second-order valence-corrected chi connectivity index (χ2v) is 3.97. The minimum Gasteiger partial charge on any atom is -0.369 e. The van der Waals surface area contributed by atoms with Gasteiger partial charge in [0.25, 0.3) is 0 Å². The van der Waals surface area contributed by atoms with E-state index in [1.165, 1.54) is 0 Å². The lowest BCUT2D eigenvalue weighted by atomic mass is 9.77. The third-order valence-corrected chi connectivity index (χ3v) is 3.24. The van der Waals surface area contributed by atoms with Crippen molar-refractivity contribution in [3.63, 3.8) is 0 Å². The van der Waals surface area contributed by atoms with Crippen molar-refractivity contribution in [1.29, 1.82) is 0 Å². The SMILES string of the molecule is C[C@@]1(C(N)=O)C[C@H]2C=C[C@H]1C2. The highest BCUT2D eigenvalue weighted by atomic mass is 16.1. The number of primary amides is 1. The van der Waals surface area contributed by atoms with E-state index < -0.39 is 0 Å². The van der Waals surface area contributed by atoms with Gasteiger partial charge in [-0.1, -0.05) is 19.1 Å². The van der Waals surface area contributed by atoms with Crippen LogP contribution in [0.2, 0.25) is 0 Å². The summed E-state index contributed by atoms with van der Waals surface area (Å²) in [5, 5.41) is 0. The molecule has 2 rings (SSSR count). The van der Waals surface area contributed by atoms with Crippen LogP contribution in [0.25, 0.3) is 0 Å². The molecule has 2 nitrogen and oxygen atoms in total. The maximum absolute atomic E-state index is 11.1. The lowest BCUT2D eigenvalue weighted by Crippen LogP contribution is -2.37. The molecule has 0 heterocycles. The quantitative estimate of drug-likeness (QED) is 0.560. The van der Waals surface area contributed by atoms with E-state index in [1.807, 2.05) is 6.92 Å². The van der Waals surface area contributed by atoms with Crippen LogP contribution in [-0.2, 0) is 4.79 Å². The van der Waals surface area contributed by atoms with E-state index in [9.17, 15) is 4.79 Å². The number of carbonyl (C=O) groups is 1. The van der Waals surface area contributed by atoms with Gasteiger partial charge < -0.3 is 5.73 Å². The zero-order valence-electron chi connectivity index (χ0n) is 6.71. The van der Waals surface area contributed by atoms with Crippen LogP contribution >= 0.6 is 0 Å². The van der Waals surface area contributed by atoms with Gasteiger partial charge in [0, 0.05) is 0 Å². The van der Waals surface area contributed by atoms with E-state index in [2.05, 4.69) is 12.2 Å². The summed E-state index contributed by atoms with van der Waals surface area (Å²) >= 11 is 0. The first-order chi connectivity index (χ1) is 5.13. The number of carbonyl (C=O) groups excluding carboxylic acids is 1. The Balaban J connectivity index is 2.30. The van der Waals surface area contributed by atoms with Gasteiger partial charge in [0.05, 0.1) is 5.41 Å². The summed E-state index contributed by atoms with van der Waals surface area (Å²) in [6.07, 6.45) is 6.47. The molecule has 2 aliphatic carbocycles. The first-order valence-electron chi connectivity index (χ1n) is 4.11. The van der Waals surface area contributed by atoms with Crippen molar-refractivity contribution in [3.8, 4) is 0 Å². The van der Waals surface area contributed by atoms with E-state index >= 15 is 0 Å². The summed E-state index contributed by atoms with van der Waals surface area (Å²) < 4.78 is 0. The molecule has 0 aromatic rings. The van der Waals surface area contributed by atoms with Gasteiger partial charge in [0.1, 0.15) is 0 Å². The number of fused-ring (bicyclic) bond motifs is 2. The Morgan fingerprint density at radius 2 is 2.36 bits per heavy atom. The summed E-state index contributed by atoms with van der Waals surface area (Å²) in [5.74, 6) is 0.914. The van der Waals surface area contributed by atoms with Crippen LogP contribution in [-0.4, -0.2) is 5.91 Å². The first-order valence-corrected chi connectivity index (χ1v) is 4.11. The van der Waals surface area contributed by atoms with E-state index in [-0.39, 0.29) is 11.3 Å². The number of rotatable bonds is 1. The van der Waals surface area contributed by atoms with Crippen LogP contribution in [0.4, 0.5) is 0 Å². The van der Waals surface area contributed by atoms with Gasteiger partial charge in [0.15, 0.2) is 0 Å². The minimum atomic E-state index is -0.237. The zero-order valence-corrected chi connectivity index (χ0v) is 6.71. The highest BCUT2D eigenvalue weighted by Gasteiger charge is 2.48. The molecular weight excluding hydrogens is 138 g/mol. The zero-order chi connectivity index (χ0) is 8.06. The smallest absolute Gasteiger partial charge is 0.223 e. The minimum absolute atomic E-state index is 0.130. The van der Waals surface area contributed by atoms with E-state index in [1.54, 1.807) is 0 Å². The molecule has 2 aliphatic rings. The molecule has 0 aromatic carbocycles. The van der Waals surface area contributed by atoms with Gasteiger partial charge in [-0.05, 0) is 24.7 Å². The summed E-state index contributed by atoms with van der Waals surface area (Å²) in [6, 6.07) is 0. The van der Waals surface area contributed by atoms with Crippen molar-refractivity contribution < 1.29 is 4.79 Å². The fraction of sp³-hybridized carbons (Fsp3) is 0.667. The summed E-state index contributed by atoms with van der Waals surface area (Å²) in [7, 11) is 0. The van der Waals surface area contributed by atoms with E-state index in [0.29, 0.717) is 11.8 Å². The predicted octanol–water partition coefficient (Wildman–Crippen LogP) is 1.07. The molecular formula is C9H13NO.